The number of carbonyl (C=O) groups excluding carboxylic acids is 1. The van der Waals surface area contributed by atoms with Gasteiger partial charge in [0.25, 0.3) is 11.5 Å². The number of hydrogen-bond acceptors (Lipinski definition) is 5. The summed E-state index contributed by atoms with van der Waals surface area (Å²) < 4.78 is 14.6. The number of hydrogen-bond donors (Lipinski definition) is 1. The molecular weight excluding hydrogens is 411 g/mol. The van der Waals surface area contributed by atoms with E-state index in [0.29, 0.717) is 43.0 Å². The van der Waals surface area contributed by atoms with Crippen LogP contribution in [-0.2, 0) is 19.5 Å². The molecule has 0 bridgehead atoms. The molecule has 1 aromatic carbocycles. The number of carbonyl (C=O) groups is 1. The molecule has 3 aromatic heterocycles. The summed E-state index contributed by atoms with van der Waals surface area (Å²) in [6, 6.07) is 12.8. The molecule has 9 heteroatoms. The first-order valence-corrected chi connectivity index (χ1v) is 10.2. The molecule has 1 amide bonds. The maximum absolute atomic E-state index is 13.1. The summed E-state index contributed by atoms with van der Waals surface area (Å²) in [6.45, 7) is 1.13. The van der Waals surface area contributed by atoms with Gasteiger partial charge < -0.3 is 4.90 Å². The zero-order chi connectivity index (χ0) is 22.1. The van der Waals surface area contributed by atoms with Crippen molar-refractivity contribution in [3.8, 4) is 11.3 Å². The highest BCUT2D eigenvalue weighted by molar-refractivity contribution is 5.93. The lowest BCUT2D eigenvalue weighted by Crippen LogP contribution is -2.38. The minimum Gasteiger partial charge on any atom is -0.333 e. The van der Waals surface area contributed by atoms with E-state index in [-0.39, 0.29) is 17.3 Å². The van der Waals surface area contributed by atoms with Gasteiger partial charge in [-0.15, -0.1) is 0 Å². The Morgan fingerprint density at radius 2 is 2.00 bits per heavy atom. The third kappa shape index (κ3) is 3.92. The molecule has 4 aromatic rings. The second-order valence-electron chi connectivity index (χ2n) is 7.62. The Morgan fingerprint density at radius 3 is 2.78 bits per heavy atom. The minimum absolute atomic E-state index is 0.212. The summed E-state index contributed by atoms with van der Waals surface area (Å²) in [7, 11) is 0. The van der Waals surface area contributed by atoms with Crippen molar-refractivity contribution in [3.05, 3.63) is 99.6 Å². The number of benzene rings is 1. The van der Waals surface area contributed by atoms with Crippen molar-refractivity contribution in [3.63, 3.8) is 0 Å². The molecule has 0 atom stereocenters. The molecule has 1 aliphatic heterocycles. The maximum Gasteiger partial charge on any atom is 0.272 e. The van der Waals surface area contributed by atoms with Crippen LogP contribution in [0.25, 0.3) is 11.3 Å². The van der Waals surface area contributed by atoms with Gasteiger partial charge in [0.2, 0.25) is 0 Å². The Hall–Kier alpha value is -4.14. The molecule has 5 rings (SSSR count). The molecule has 0 saturated carbocycles. The van der Waals surface area contributed by atoms with Gasteiger partial charge in [-0.1, -0.05) is 6.07 Å². The molecular formula is C23H19FN6O2. The van der Waals surface area contributed by atoms with E-state index >= 15 is 0 Å². The van der Waals surface area contributed by atoms with Gasteiger partial charge in [0.15, 0.2) is 0 Å². The average molecular weight is 430 g/mol. The Morgan fingerprint density at radius 1 is 1.16 bits per heavy atom. The number of nitrogens with one attached hydrogen (secondary N) is 1. The van der Waals surface area contributed by atoms with Gasteiger partial charge in [-0.25, -0.2) is 9.07 Å². The summed E-state index contributed by atoms with van der Waals surface area (Å²) in [5, 5.41) is 11.5. The van der Waals surface area contributed by atoms with Crippen LogP contribution in [0.2, 0.25) is 0 Å². The van der Waals surface area contributed by atoms with Crippen LogP contribution < -0.4 is 5.56 Å². The molecule has 1 aliphatic rings. The molecule has 0 aliphatic carbocycles. The lowest BCUT2D eigenvalue weighted by atomic mass is 10.1. The topological polar surface area (TPSA) is 96.8 Å². The molecule has 1 N–H and O–H groups in total. The predicted molar refractivity (Wildman–Crippen MR) is 114 cm³/mol. The molecule has 0 spiro atoms. The maximum atomic E-state index is 13.1. The van der Waals surface area contributed by atoms with Crippen molar-refractivity contribution < 1.29 is 9.18 Å². The SMILES string of the molecule is O=C(c1cc(-c2ccc(F)cc2)n[nH]1)N1CCc2nn(Cc3cccnc3)c(=O)cc2C1. The van der Waals surface area contributed by atoms with Gasteiger partial charge in [0, 0.05) is 49.1 Å². The van der Waals surface area contributed by atoms with E-state index in [9.17, 15) is 14.0 Å². The highest BCUT2D eigenvalue weighted by Crippen LogP contribution is 2.21. The van der Waals surface area contributed by atoms with Crippen molar-refractivity contribution in [2.24, 2.45) is 0 Å². The fourth-order valence-corrected chi connectivity index (χ4v) is 3.76. The summed E-state index contributed by atoms with van der Waals surface area (Å²) >= 11 is 0. The third-order valence-electron chi connectivity index (χ3n) is 5.43. The van der Waals surface area contributed by atoms with E-state index in [1.807, 2.05) is 12.1 Å². The van der Waals surface area contributed by atoms with E-state index in [1.165, 1.54) is 16.8 Å². The van der Waals surface area contributed by atoms with Crippen molar-refractivity contribution in [1.82, 2.24) is 29.9 Å². The Bertz CT molecular complexity index is 1330. The number of aromatic amines is 1. The van der Waals surface area contributed by atoms with Crippen LogP contribution in [0.1, 0.15) is 27.3 Å². The Labute approximate surface area is 182 Å². The van der Waals surface area contributed by atoms with Crippen LogP contribution in [0.5, 0.6) is 0 Å². The third-order valence-corrected chi connectivity index (χ3v) is 5.43. The Balaban J connectivity index is 1.33. The number of nitrogens with zero attached hydrogens (tertiary/aromatic N) is 5. The molecule has 4 heterocycles. The van der Waals surface area contributed by atoms with Crippen LogP contribution >= 0.6 is 0 Å². The minimum atomic E-state index is -0.333. The number of fused-ring (bicyclic) bond motifs is 1. The van der Waals surface area contributed by atoms with E-state index < -0.39 is 0 Å². The quantitative estimate of drug-likeness (QED) is 0.536. The normalized spacial score (nSPS) is 13.1. The smallest absolute Gasteiger partial charge is 0.272 e. The first kappa shape index (κ1) is 19.8. The monoisotopic (exact) mass is 430 g/mol. The summed E-state index contributed by atoms with van der Waals surface area (Å²) in [4.78, 5) is 31.3. The van der Waals surface area contributed by atoms with E-state index in [1.54, 1.807) is 41.6 Å². The second-order valence-corrected chi connectivity index (χ2v) is 7.62. The molecule has 0 radical (unpaired) electrons. The predicted octanol–water partition coefficient (Wildman–Crippen LogP) is 2.41. The second kappa shape index (κ2) is 8.18. The first-order valence-electron chi connectivity index (χ1n) is 10.2. The number of aromatic nitrogens is 5. The van der Waals surface area contributed by atoms with Crippen LogP contribution in [0, 0.1) is 5.82 Å². The van der Waals surface area contributed by atoms with E-state index in [2.05, 4.69) is 20.3 Å². The largest absolute Gasteiger partial charge is 0.333 e. The van der Waals surface area contributed by atoms with Crippen LogP contribution in [-0.4, -0.2) is 42.3 Å². The number of halogens is 1. The number of rotatable bonds is 4. The zero-order valence-electron chi connectivity index (χ0n) is 17.0. The highest BCUT2D eigenvalue weighted by Gasteiger charge is 2.25. The van der Waals surface area contributed by atoms with Gasteiger partial charge in [-0.3, -0.25) is 19.7 Å². The molecule has 0 fully saturated rings. The summed E-state index contributed by atoms with van der Waals surface area (Å²) in [6.07, 6.45) is 3.94. The lowest BCUT2D eigenvalue weighted by Gasteiger charge is -2.28. The summed E-state index contributed by atoms with van der Waals surface area (Å²) in [5.41, 5.74) is 3.85. The van der Waals surface area contributed by atoms with Crippen molar-refractivity contribution >= 4 is 5.91 Å². The van der Waals surface area contributed by atoms with E-state index in [0.717, 1.165) is 16.8 Å². The van der Waals surface area contributed by atoms with Gasteiger partial charge >= 0.3 is 0 Å². The molecule has 8 nitrogen and oxygen atoms in total. The number of H-pyrrole nitrogens is 1. The van der Waals surface area contributed by atoms with Gasteiger partial charge in [-0.2, -0.15) is 10.2 Å². The van der Waals surface area contributed by atoms with Gasteiger partial charge in [0.05, 0.1) is 17.9 Å². The first-order chi connectivity index (χ1) is 15.6. The Kier molecular flexibility index (Phi) is 5.06. The standard InChI is InChI=1S/C23H19FN6O2/c24-18-5-3-16(4-6-18)20-11-21(27-26-20)23(32)29-9-7-19-17(14-29)10-22(31)30(28-19)13-15-2-1-8-25-12-15/h1-6,8,10-12H,7,9,13-14H2,(H,26,27). The molecule has 160 valence electrons. The molecule has 0 unspecified atom stereocenters. The lowest BCUT2D eigenvalue weighted by molar-refractivity contribution is 0.0726. The van der Waals surface area contributed by atoms with Gasteiger partial charge in [0.1, 0.15) is 11.5 Å². The van der Waals surface area contributed by atoms with Crippen LogP contribution in [0.3, 0.4) is 0 Å². The highest BCUT2D eigenvalue weighted by atomic mass is 19.1. The molecule has 0 saturated heterocycles. The van der Waals surface area contributed by atoms with Crippen LogP contribution in [0.15, 0.2) is 65.7 Å². The van der Waals surface area contributed by atoms with Crippen molar-refractivity contribution in [2.75, 3.05) is 6.54 Å². The fourth-order valence-electron chi connectivity index (χ4n) is 3.76. The van der Waals surface area contributed by atoms with Gasteiger partial charge in [-0.05, 0) is 42.0 Å². The van der Waals surface area contributed by atoms with Crippen LogP contribution in [0.4, 0.5) is 4.39 Å². The number of pyridine rings is 1. The number of amides is 1. The fraction of sp³-hybridized carbons (Fsp3) is 0.174. The summed E-state index contributed by atoms with van der Waals surface area (Å²) in [5.74, 6) is -0.545. The van der Waals surface area contributed by atoms with Crippen molar-refractivity contribution in [1.29, 1.82) is 0 Å². The molecule has 32 heavy (non-hydrogen) atoms. The zero-order valence-corrected chi connectivity index (χ0v) is 17.0. The average Bonchev–Trinajstić information content (AvgIpc) is 3.30. The van der Waals surface area contributed by atoms with E-state index in [4.69, 9.17) is 0 Å². The van der Waals surface area contributed by atoms with Crippen molar-refractivity contribution in [2.45, 2.75) is 19.5 Å².